The summed E-state index contributed by atoms with van der Waals surface area (Å²) in [4.78, 5) is 0. The van der Waals surface area contributed by atoms with Crippen LogP contribution in [0.15, 0.2) is 28.7 Å². The second kappa shape index (κ2) is 2.77. The molecule has 0 aliphatic heterocycles. The number of rotatable bonds is 1. The second-order valence-corrected chi connectivity index (χ2v) is 2.88. The number of halogens is 4. The van der Waals surface area contributed by atoms with Crippen molar-refractivity contribution in [1.82, 2.24) is 0 Å². The molecule has 1 aromatic heterocycles. The van der Waals surface area contributed by atoms with E-state index in [4.69, 9.17) is 0 Å². The molecule has 0 spiro atoms. The fraction of sp³-hybridized carbons (Fsp3) is 0. The summed E-state index contributed by atoms with van der Waals surface area (Å²) in [6.07, 6.45) is 0. The molecule has 1 nitrogen and oxygen atoms in total. The van der Waals surface area contributed by atoms with Crippen LogP contribution in [0.2, 0.25) is 0 Å². The van der Waals surface area contributed by atoms with Crippen molar-refractivity contribution >= 4 is 23.6 Å². The van der Waals surface area contributed by atoms with Gasteiger partial charge in [0.15, 0.2) is 11.4 Å². The molecule has 1 aromatic carbocycles. The molecule has 1 heterocycles. The summed E-state index contributed by atoms with van der Waals surface area (Å²) in [7, 11) is 0. The van der Waals surface area contributed by atoms with Crippen LogP contribution in [-0.4, -0.2) is 6.98 Å². The van der Waals surface area contributed by atoms with E-state index < -0.39 is 18.5 Å². The number of hydrogen-bond acceptors (Lipinski definition) is 1. The van der Waals surface area contributed by atoms with Crippen molar-refractivity contribution in [2.24, 2.45) is 0 Å². The number of furan rings is 1. The van der Waals surface area contributed by atoms with Gasteiger partial charge in [0.25, 0.3) is 0 Å². The van der Waals surface area contributed by atoms with Crippen LogP contribution in [-0.2, 0) is 0 Å². The third-order valence-corrected chi connectivity index (χ3v) is 1.84. The van der Waals surface area contributed by atoms with E-state index in [0.29, 0.717) is 0 Å². The first-order chi connectivity index (χ1) is 6.48. The average molecular weight is 203 g/mol. The summed E-state index contributed by atoms with van der Waals surface area (Å²) in [5.74, 6) is -0.784. The first kappa shape index (κ1) is 9.11. The van der Waals surface area contributed by atoms with Gasteiger partial charge in [-0.1, -0.05) is 12.1 Å². The number of benzene rings is 1. The van der Waals surface area contributed by atoms with Crippen LogP contribution in [0.1, 0.15) is 0 Å². The monoisotopic (exact) mass is 203 g/mol. The van der Waals surface area contributed by atoms with Crippen molar-refractivity contribution in [3.05, 3.63) is 30.1 Å². The SMILES string of the molecule is Fc1cccc2cc([B-](F)(F)F)oc12. The number of hydrogen-bond donors (Lipinski definition) is 0. The van der Waals surface area contributed by atoms with Crippen LogP contribution in [0.5, 0.6) is 0 Å². The fourth-order valence-electron chi connectivity index (χ4n) is 1.21. The van der Waals surface area contributed by atoms with E-state index in [-0.39, 0.29) is 11.0 Å². The predicted molar refractivity (Wildman–Crippen MR) is 44.9 cm³/mol. The summed E-state index contributed by atoms with van der Waals surface area (Å²) in [6.45, 7) is -5.21. The zero-order chi connectivity index (χ0) is 10.3. The standard InChI is InChI=1S/C8H4BF4O/c10-6-3-1-2-5-4-7(9(11,12)13)14-8(5)6/h1-4H/q-1. The molecule has 2 rings (SSSR count). The first-order valence-corrected chi connectivity index (χ1v) is 3.86. The molecule has 0 bridgehead atoms. The zero-order valence-corrected chi connectivity index (χ0v) is 6.81. The lowest BCUT2D eigenvalue weighted by molar-refractivity contribution is 0.470. The Bertz CT molecular complexity index is 474. The van der Waals surface area contributed by atoms with Gasteiger partial charge in [-0.15, -0.1) is 0 Å². The quantitative estimate of drug-likeness (QED) is 0.512. The third-order valence-electron chi connectivity index (χ3n) is 1.84. The molecule has 0 aliphatic carbocycles. The van der Waals surface area contributed by atoms with Crippen LogP contribution >= 0.6 is 0 Å². The molecule has 0 fully saturated rings. The Morgan fingerprint density at radius 3 is 2.43 bits per heavy atom. The minimum atomic E-state index is -5.21. The predicted octanol–water partition coefficient (Wildman–Crippen LogP) is 2.63. The maximum atomic E-state index is 12.9. The Hall–Kier alpha value is -1.46. The van der Waals surface area contributed by atoms with Crippen molar-refractivity contribution in [3.8, 4) is 0 Å². The molecule has 6 heteroatoms. The Morgan fingerprint density at radius 2 is 1.86 bits per heavy atom. The van der Waals surface area contributed by atoms with Gasteiger partial charge in [0, 0.05) is 11.0 Å². The van der Waals surface area contributed by atoms with Gasteiger partial charge in [-0.2, -0.15) is 0 Å². The summed E-state index contributed by atoms with van der Waals surface area (Å²) in [5.41, 5.74) is -1.47. The summed E-state index contributed by atoms with van der Waals surface area (Å²) in [5, 5.41) is 0.124. The Morgan fingerprint density at radius 1 is 1.14 bits per heavy atom. The van der Waals surface area contributed by atoms with Crippen LogP contribution in [0.25, 0.3) is 11.0 Å². The minimum Gasteiger partial charge on any atom is -0.490 e. The lowest BCUT2D eigenvalue weighted by atomic mass is 9.88. The van der Waals surface area contributed by atoms with Crippen LogP contribution in [0.4, 0.5) is 17.3 Å². The molecule has 0 radical (unpaired) electrons. The van der Waals surface area contributed by atoms with Gasteiger partial charge in [0.1, 0.15) is 0 Å². The summed E-state index contributed by atoms with van der Waals surface area (Å²) >= 11 is 0. The molecule has 14 heavy (non-hydrogen) atoms. The van der Waals surface area contributed by atoms with Crippen LogP contribution < -0.4 is 5.66 Å². The minimum absolute atomic E-state index is 0.124. The third kappa shape index (κ3) is 1.36. The van der Waals surface area contributed by atoms with Crippen molar-refractivity contribution in [1.29, 1.82) is 0 Å². The Kier molecular flexibility index (Phi) is 1.80. The Balaban J connectivity index is 2.69. The molecule has 74 valence electrons. The number of fused-ring (bicyclic) bond motifs is 1. The molecule has 0 saturated carbocycles. The zero-order valence-electron chi connectivity index (χ0n) is 6.81. The molecule has 0 atom stereocenters. The van der Waals surface area contributed by atoms with E-state index in [1.54, 1.807) is 0 Å². The highest BCUT2D eigenvalue weighted by atomic mass is 19.4. The topological polar surface area (TPSA) is 13.1 Å². The molecule has 2 aromatic rings. The van der Waals surface area contributed by atoms with Gasteiger partial charge in [-0.25, -0.2) is 4.39 Å². The highest BCUT2D eigenvalue weighted by Crippen LogP contribution is 2.20. The fourth-order valence-corrected chi connectivity index (χ4v) is 1.21. The lowest BCUT2D eigenvalue weighted by Crippen LogP contribution is -2.32. The summed E-state index contributed by atoms with van der Waals surface area (Å²) in [6, 6.07) is 4.56. The highest BCUT2D eigenvalue weighted by Gasteiger charge is 2.30. The van der Waals surface area contributed by atoms with Crippen LogP contribution in [0, 0.1) is 5.82 Å². The van der Waals surface area contributed by atoms with Gasteiger partial charge in [-0.05, 0) is 12.1 Å². The maximum Gasteiger partial charge on any atom is 0.544 e. The van der Waals surface area contributed by atoms with E-state index >= 15 is 0 Å². The smallest absolute Gasteiger partial charge is 0.490 e. The largest absolute Gasteiger partial charge is 0.544 e. The molecule has 0 N–H and O–H groups in total. The molecular formula is C8H4BF4O-. The van der Waals surface area contributed by atoms with E-state index in [1.165, 1.54) is 12.1 Å². The summed E-state index contributed by atoms with van der Waals surface area (Å²) < 4.78 is 53.9. The molecular weight excluding hydrogens is 199 g/mol. The van der Waals surface area contributed by atoms with Gasteiger partial charge in [0.2, 0.25) is 0 Å². The van der Waals surface area contributed by atoms with Crippen molar-refractivity contribution in [3.63, 3.8) is 0 Å². The number of para-hydroxylation sites is 1. The van der Waals surface area contributed by atoms with E-state index in [1.807, 2.05) is 0 Å². The van der Waals surface area contributed by atoms with E-state index in [9.17, 15) is 17.3 Å². The molecule has 0 saturated heterocycles. The van der Waals surface area contributed by atoms with Crippen molar-refractivity contribution in [2.75, 3.05) is 0 Å². The van der Waals surface area contributed by atoms with Gasteiger partial charge < -0.3 is 17.4 Å². The van der Waals surface area contributed by atoms with Crippen LogP contribution in [0.3, 0.4) is 0 Å². The van der Waals surface area contributed by atoms with Gasteiger partial charge in [0.05, 0.1) is 0 Å². The second-order valence-electron chi connectivity index (χ2n) is 2.88. The molecule has 0 aliphatic rings. The van der Waals surface area contributed by atoms with Crippen molar-refractivity contribution in [2.45, 2.75) is 0 Å². The van der Waals surface area contributed by atoms with Gasteiger partial charge >= 0.3 is 6.98 Å². The van der Waals surface area contributed by atoms with E-state index in [2.05, 4.69) is 4.42 Å². The van der Waals surface area contributed by atoms with Crippen molar-refractivity contribution < 1.29 is 21.8 Å². The normalized spacial score (nSPS) is 12.3. The molecule has 0 unspecified atom stereocenters. The lowest BCUT2D eigenvalue weighted by Gasteiger charge is -2.08. The average Bonchev–Trinajstić information content (AvgIpc) is 2.48. The Labute approximate surface area is 76.4 Å². The van der Waals surface area contributed by atoms with E-state index in [0.717, 1.165) is 12.1 Å². The molecule has 0 amide bonds. The maximum absolute atomic E-state index is 12.9. The highest BCUT2D eigenvalue weighted by molar-refractivity contribution is 6.72. The van der Waals surface area contributed by atoms with Gasteiger partial charge in [-0.3, -0.25) is 0 Å². The first-order valence-electron chi connectivity index (χ1n) is 3.86.